The van der Waals surface area contributed by atoms with Crippen LogP contribution in [0.15, 0.2) is 5.16 Å². The molecule has 0 aromatic carbocycles. The third kappa shape index (κ3) is 3.51. The van der Waals surface area contributed by atoms with Crippen molar-refractivity contribution in [2.45, 2.75) is 49.7 Å². The molecule has 0 amide bonds. The molecule has 0 saturated heterocycles. The summed E-state index contributed by atoms with van der Waals surface area (Å²) in [6, 6.07) is 0.456. The molecule has 0 bridgehead atoms. The normalized spacial score (nSPS) is 19.1. The van der Waals surface area contributed by atoms with Crippen LogP contribution in [0.3, 0.4) is 0 Å². The van der Waals surface area contributed by atoms with Gasteiger partial charge in [0.2, 0.25) is 5.95 Å². The number of aromatic nitrogens is 3. The number of hydrogen-bond acceptors (Lipinski definition) is 5. The molecule has 2 fully saturated rings. The zero-order valence-electron chi connectivity index (χ0n) is 12.4. The lowest BCUT2D eigenvalue weighted by Crippen LogP contribution is -2.27. The SMILES string of the molecule is CN(CC1CCCC1)c1nnc(SCC(=O)O)n1C1CC1. The molecule has 0 spiro atoms. The molecule has 7 heteroatoms. The number of nitrogens with zero attached hydrogens (tertiary/aromatic N) is 4. The topological polar surface area (TPSA) is 71.2 Å². The van der Waals surface area contributed by atoms with E-state index in [0.29, 0.717) is 6.04 Å². The van der Waals surface area contributed by atoms with E-state index < -0.39 is 5.97 Å². The van der Waals surface area contributed by atoms with Crippen molar-refractivity contribution >= 4 is 23.7 Å². The fraction of sp³-hybridized carbons (Fsp3) is 0.786. The molecule has 0 unspecified atom stereocenters. The summed E-state index contributed by atoms with van der Waals surface area (Å²) in [4.78, 5) is 13.0. The molecule has 0 aliphatic heterocycles. The maximum absolute atomic E-state index is 10.8. The molecule has 0 atom stereocenters. The highest BCUT2D eigenvalue weighted by Gasteiger charge is 2.31. The molecule has 3 rings (SSSR count). The molecule has 2 aliphatic carbocycles. The number of rotatable bonds is 7. The lowest BCUT2D eigenvalue weighted by atomic mass is 10.1. The predicted octanol–water partition coefficient (Wildman–Crippen LogP) is 2.42. The van der Waals surface area contributed by atoms with Crippen LogP contribution in [0.4, 0.5) is 5.95 Å². The van der Waals surface area contributed by atoms with Crippen molar-refractivity contribution in [2.75, 3.05) is 24.2 Å². The summed E-state index contributed by atoms with van der Waals surface area (Å²) in [5.41, 5.74) is 0. The van der Waals surface area contributed by atoms with Crippen LogP contribution in [0.5, 0.6) is 0 Å². The quantitative estimate of drug-likeness (QED) is 0.780. The average Bonchev–Trinajstić information content (AvgIpc) is 2.99. The highest BCUT2D eigenvalue weighted by Crippen LogP contribution is 2.41. The van der Waals surface area contributed by atoms with Gasteiger partial charge in [-0.2, -0.15) is 0 Å². The van der Waals surface area contributed by atoms with E-state index in [-0.39, 0.29) is 5.75 Å². The van der Waals surface area contributed by atoms with Crippen LogP contribution in [0.25, 0.3) is 0 Å². The van der Waals surface area contributed by atoms with Gasteiger partial charge < -0.3 is 10.0 Å². The summed E-state index contributed by atoms with van der Waals surface area (Å²) in [7, 11) is 2.08. The smallest absolute Gasteiger partial charge is 0.313 e. The third-order valence-electron chi connectivity index (χ3n) is 4.23. The summed E-state index contributed by atoms with van der Waals surface area (Å²) >= 11 is 1.27. The van der Waals surface area contributed by atoms with Gasteiger partial charge in [-0.3, -0.25) is 9.36 Å². The first-order chi connectivity index (χ1) is 10.1. The van der Waals surface area contributed by atoms with Crippen LogP contribution in [-0.4, -0.2) is 45.2 Å². The van der Waals surface area contributed by atoms with Crippen LogP contribution in [0.1, 0.15) is 44.6 Å². The minimum atomic E-state index is -0.814. The van der Waals surface area contributed by atoms with Gasteiger partial charge in [0.1, 0.15) is 0 Å². The largest absolute Gasteiger partial charge is 0.481 e. The summed E-state index contributed by atoms with van der Waals surface area (Å²) in [5, 5.41) is 18.1. The van der Waals surface area contributed by atoms with Crippen molar-refractivity contribution in [3.05, 3.63) is 0 Å². The van der Waals surface area contributed by atoms with E-state index in [9.17, 15) is 4.79 Å². The van der Waals surface area contributed by atoms with Gasteiger partial charge in [0.15, 0.2) is 5.16 Å². The minimum Gasteiger partial charge on any atom is -0.481 e. The summed E-state index contributed by atoms with van der Waals surface area (Å²) < 4.78 is 2.14. The lowest BCUT2D eigenvalue weighted by molar-refractivity contribution is -0.133. The molecule has 1 aromatic heterocycles. The summed E-state index contributed by atoms with van der Waals surface area (Å²) in [6.45, 7) is 1.02. The van der Waals surface area contributed by atoms with Crippen molar-refractivity contribution in [1.29, 1.82) is 0 Å². The number of thioether (sulfide) groups is 1. The van der Waals surface area contributed by atoms with Gasteiger partial charge in [-0.1, -0.05) is 24.6 Å². The van der Waals surface area contributed by atoms with Gasteiger partial charge in [-0.25, -0.2) is 0 Å². The third-order valence-corrected chi connectivity index (χ3v) is 5.16. The molecule has 21 heavy (non-hydrogen) atoms. The van der Waals surface area contributed by atoms with Gasteiger partial charge in [-0.15, -0.1) is 10.2 Å². The second kappa shape index (κ2) is 6.25. The van der Waals surface area contributed by atoms with E-state index in [1.165, 1.54) is 37.4 Å². The fourth-order valence-electron chi connectivity index (χ4n) is 3.07. The van der Waals surface area contributed by atoms with Crippen molar-refractivity contribution < 1.29 is 9.90 Å². The maximum atomic E-state index is 10.8. The molecule has 116 valence electrons. The van der Waals surface area contributed by atoms with Crippen LogP contribution in [0.2, 0.25) is 0 Å². The number of anilines is 1. The number of hydrogen-bond donors (Lipinski definition) is 1. The van der Waals surface area contributed by atoms with Crippen LogP contribution < -0.4 is 4.90 Å². The van der Waals surface area contributed by atoms with Crippen LogP contribution in [0, 0.1) is 5.92 Å². The second-order valence-corrected chi connectivity index (χ2v) is 7.04. The molecular formula is C14H22N4O2S. The van der Waals surface area contributed by atoms with Crippen molar-refractivity contribution in [3.63, 3.8) is 0 Å². The van der Waals surface area contributed by atoms with Gasteiger partial charge >= 0.3 is 5.97 Å². The van der Waals surface area contributed by atoms with E-state index in [1.807, 2.05) is 0 Å². The van der Waals surface area contributed by atoms with Crippen LogP contribution >= 0.6 is 11.8 Å². The Morgan fingerprint density at radius 3 is 2.67 bits per heavy atom. The fourth-order valence-corrected chi connectivity index (χ4v) is 3.79. The second-order valence-electron chi connectivity index (χ2n) is 6.10. The molecule has 6 nitrogen and oxygen atoms in total. The average molecular weight is 310 g/mol. The van der Waals surface area contributed by atoms with Crippen molar-refractivity contribution in [3.8, 4) is 0 Å². The molecule has 2 saturated carbocycles. The molecule has 1 N–H and O–H groups in total. The molecular weight excluding hydrogens is 288 g/mol. The Kier molecular flexibility index (Phi) is 4.37. The molecule has 1 heterocycles. The Hall–Kier alpha value is -1.24. The zero-order chi connectivity index (χ0) is 14.8. The minimum absolute atomic E-state index is 0.0389. The van der Waals surface area contributed by atoms with E-state index >= 15 is 0 Å². The van der Waals surface area contributed by atoms with Crippen molar-refractivity contribution in [1.82, 2.24) is 14.8 Å². The maximum Gasteiger partial charge on any atom is 0.313 e. The number of carboxylic acid groups (broad SMARTS) is 1. The lowest BCUT2D eigenvalue weighted by Gasteiger charge is -2.22. The first-order valence-electron chi connectivity index (χ1n) is 7.65. The van der Waals surface area contributed by atoms with E-state index in [1.54, 1.807) is 0 Å². The van der Waals surface area contributed by atoms with E-state index in [0.717, 1.165) is 36.4 Å². The van der Waals surface area contributed by atoms with Gasteiger partial charge in [-0.05, 0) is 31.6 Å². The first-order valence-corrected chi connectivity index (χ1v) is 8.64. The Morgan fingerprint density at radius 2 is 2.05 bits per heavy atom. The van der Waals surface area contributed by atoms with Gasteiger partial charge in [0.05, 0.1) is 5.75 Å². The number of carboxylic acids is 1. The number of aliphatic carboxylic acids is 1. The van der Waals surface area contributed by atoms with Crippen LogP contribution in [-0.2, 0) is 4.79 Å². The highest BCUT2D eigenvalue weighted by molar-refractivity contribution is 7.99. The summed E-state index contributed by atoms with van der Waals surface area (Å²) in [5.74, 6) is 0.884. The van der Waals surface area contributed by atoms with Crippen molar-refractivity contribution in [2.24, 2.45) is 5.92 Å². The highest BCUT2D eigenvalue weighted by atomic mass is 32.2. The Labute approximate surface area is 128 Å². The number of carbonyl (C=O) groups is 1. The summed E-state index contributed by atoms with van der Waals surface area (Å²) in [6.07, 6.45) is 7.58. The monoisotopic (exact) mass is 310 g/mol. The zero-order valence-corrected chi connectivity index (χ0v) is 13.2. The van der Waals surface area contributed by atoms with E-state index in [2.05, 4.69) is 26.7 Å². The molecule has 0 radical (unpaired) electrons. The molecule has 2 aliphatic rings. The van der Waals surface area contributed by atoms with Gasteiger partial charge in [0.25, 0.3) is 0 Å². The predicted molar refractivity (Wildman–Crippen MR) is 81.9 cm³/mol. The standard InChI is InChI=1S/C14H22N4O2S/c1-17(8-10-4-2-3-5-10)13-15-16-14(21-9-12(19)20)18(13)11-6-7-11/h10-11H,2-9H2,1H3,(H,19,20). The first kappa shape index (κ1) is 14.7. The van der Waals surface area contributed by atoms with E-state index in [4.69, 9.17) is 5.11 Å². The van der Waals surface area contributed by atoms with Gasteiger partial charge in [0, 0.05) is 19.6 Å². The molecule has 1 aromatic rings. The Morgan fingerprint density at radius 1 is 1.33 bits per heavy atom. The Balaban J connectivity index is 1.72. The Bertz CT molecular complexity index is 509.